The molecular weight excluding hydrogens is 557 g/mol. The second-order valence-electron chi connectivity index (χ2n) is 10.9. The van der Waals surface area contributed by atoms with E-state index in [1.54, 1.807) is 6.07 Å². The van der Waals surface area contributed by atoms with Crippen molar-refractivity contribution in [1.29, 1.82) is 0 Å². The van der Waals surface area contributed by atoms with Crippen molar-refractivity contribution in [1.82, 2.24) is 29.7 Å². The second kappa shape index (κ2) is 13.4. The smallest absolute Gasteiger partial charge is 0.255 e. The van der Waals surface area contributed by atoms with E-state index in [0.717, 1.165) is 86.9 Å². The first-order valence-electron chi connectivity index (χ1n) is 14.8. The molecule has 1 fully saturated rings. The number of unbranched alkanes of at least 4 members (excludes halogenated alkanes) is 1. The summed E-state index contributed by atoms with van der Waals surface area (Å²) in [4.78, 5) is 35.3. The lowest BCUT2D eigenvalue weighted by molar-refractivity contribution is 0.0597. The molecule has 1 amide bonds. The molecule has 2 aromatic heterocycles. The Bertz CT molecular complexity index is 1500. The van der Waals surface area contributed by atoms with E-state index in [4.69, 9.17) is 23.2 Å². The highest BCUT2D eigenvalue weighted by Crippen LogP contribution is 2.32. The summed E-state index contributed by atoms with van der Waals surface area (Å²) in [5.74, 6) is 1.39. The van der Waals surface area contributed by atoms with Crippen LogP contribution in [0, 0.1) is 0 Å². The van der Waals surface area contributed by atoms with Crippen LogP contribution >= 0.6 is 23.2 Å². The van der Waals surface area contributed by atoms with Gasteiger partial charge in [0.1, 0.15) is 18.0 Å². The number of benzene rings is 2. The van der Waals surface area contributed by atoms with Gasteiger partial charge in [0.05, 0.1) is 33.2 Å². The van der Waals surface area contributed by atoms with Gasteiger partial charge in [-0.25, -0.2) is 15.0 Å². The topological polar surface area (TPSA) is 90.0 Å². The van der Waals surface area contributed by atoms with Gasteiger partial charge in [0.25, 0.3) is 5.91 Å². The fourth-order valence-corrected chi connectivity index (χ4v) is 6.23. The molecule has 218 valence electrons. The third-order valence-electron chi connectivity index (χ3n) is 8.22. The second-order valence-corrected chi connectivity index (χ2v) is 11.7. The first-order valence-corrected chi connectivity index (χ1v) is 15.5. The maximum absolute atomic E-state index is 13.8. The number of piperidine rings is 1. The average molecular weight is 597 g/mol. The molecule has 2 atom stereocenters. The molecule has 41 heavy (non-hydrogen) atoms. The molecule has 3 heterocycles. The predicted molar refractivity (Wildman–Crippen MR) is 168 cm³/mol. The molecule has 1 aliphatic heterocycles. The molecule has 1 saturated heterocycles. The van der Waals surface area contributed by atoms with Crippen molar-refractivity contribution in [2.45, 2.75) is 71.4 Å². The molecule has 0 spiro atoms. The van der Waals surface area contributed by atoms with Crippen LogP contribution in [0.2, 0.25) is 10.0 Å². The summed E-state index contributed by atoms with van der Waals surface area (Å²) >= 11 is 12.9. The van der Waals surface area contributed by atoms with Crippen molar-refractivity contribution in [3.05, 3.63) is 58.1 Å². The van der Waals surface area contributed by atoms with Gasteiger partial charge >= 0.3 is 0 Å². The zero-order valence-electron chi connectivity index (χ0n) is 24.1. The van der Waals surface area contributed by atoms with Crippen molar-refractivity contribution in [3.63, 3.8) is 0 Å². The molecular formula is C31H39Cl2N7O. The first kappa shape index (κ1) is 29.5. The van der Waals surface area contributed by atoms with Gasteiger partial charge in [0.15, 0.2) is 0 Å². The molecule has 8 nitrogen and oxygen atoms in total. The minimum Gasteiger partial charge on any atom is -0.360 e. The Morgan fingerprint density at radius 3 is 2.76 bits per heavy atom. The van der Waals surface area contributed by atoms with Crippen LogP contribution in [-0.2, 0) is 0 Å². The number of likely N-dealkylation sites (tertiary alicyclic amines) is 1. The quantitative estimate of drug-likeness (QED) is 0.174. The minimum atomic E-state index is -0.171. The van der Waals surface area contributed by atoms with Crippen LogP contribution in [0.5, 0.6) is 0 Å². The van der Waals surface area contributed by atoms with Gasteiger partial charge in [0.2, 0.25) is 0 Å². The van der Waals surface area contributed by atoms with Gasteiger partial charge in [-0.3, -0.25) is 4.79 Å². The van der Waals surface area contributed by atoms with Crippen LogP contribution in [-0.4, -0.2) is 67.9 Å². The summed E-state index contributed by atoms with van der Waals surface area (Å²) in [6.07, 6.45) is 8.05. The predicted octanol–water partition coefficient (Wildman–Crippen LogP) is 7.49. The number of aromatic nitrogens is 4. The maximum Gasteiger partial charge on any atom is 0.255 e. The highest BCUT2D eigenvalue weighted by Gasteiger charge is 2.29. The van der Waals surface area contributed by atoms with Gasteiger partial charge < -0.3 is 20.1 Å². The Hall–Kier alpha value is -2.94. The number of anilines is 1. The first-order chi connectivity index (χ1) is 19.9. The number of aromatic amines is 1. The molecule has 1 aliphatic rings. The summed E-state index contributed by atoms with van der Waals surface area (Å²) in [5, 5.41) is 5.26. The van der Waals surface area contributed by atoms with E-state index in [0.29, 0.717) is 26.9 Å². The maximum atomic E-state index is 13.8. The molecule has 4 aromatic rings. The third-order valence-corrected chi connectivity index (χ3v) is 8.77. The van der Waals surface area contributed by atoms with E-state index in [9.17, 15) is 4.79 Å². The van der Waals surface area contributed by atoms with E-state index in [2.05, 4.69) is 44.0 Å². The number of carbonyl (C=O) groups is 1. The van der Waals surface area contributed by atoms with Gasteiger partial charge in [0, 0.05) is 23.0 Å². The number of hydrogen-bond acceptors (Lipinski definition) is 6. The largest absolute Gasteiger partial charge is 0.360 e. The van der Waals surface area contributed by atoms with Crippen LogP contribution < -0.4 is 5.32 Å². The monoisotopic (exact) mass is 595 g/mol. The molecule has 0 radical (unpaired) electrons. The van der Waals surface area contributed by atoms with Crippen LogP contribution in [0.4, 0.5) is 5.82 Å². The lowest BCUT2D eigenvalue weighted by Gasteiger charge is -2.36. The van der Waals surface area contributed by atoms with Gasteiger partial charge in [-0.1, -0.05) is 43.5 Å². The zero-order valence-corrected chi connectivity index (χ0v) is 25.6. The van der Waals surface area contributed by atoms with E-state index >= 15 is 0 Å². The Balaban J connectivity index is 1.32. The number of nitrogens with zero attached hydrogens (tertiary/aromatic N) is 5. The average Bonchev–Trinajstić information content (AvgIpc) is 3.41. The number of halogens is 2. The molecule has 2 N–H and O–H groups in total. The molecule has 0 saturated carbocycles. The normalized spacial score (nSPS) is 16.5. The van der Waals surface area contributed by atoms with Crippen LogP contribution in [0.25, 0.3) is 21.9 Å². The fraction of sp³-hybridized carbons (Fsp3) is 0.484. The summed E-state index contributed by atoms with van der Waals surface area (Å²) in [6.45, 7) is 10.5. The number of amides is 1. The lowest BCUT2D eigenvalue weighted by Crippen LogP contribution is -2.43. The summed E-state index contributed by atoms with van der Waals surface area (Å²) in [5.41, 5.74) is 2.89. The van der Waals surface area contributed by atoms with Crippen LogP contribution in [0.15, 0.2) is 36.7 Å². The summed E-state index contributed by atoms with van der Waals surface area (Å²) in [6, 6.07) is 9.27. The van der Waals surface area contributed by atoms with Gasteiger partial charge in [-0.2, -0.15) is 0 Å². The standard InChI is InChI=1S/C31H39Cl2N7O/c1-4-39(5-2)14-8-6-10-22-11-7-9-15-40(22)31(41)23-18-27-24(17-25(23)33)30(35-19-34-27)36-20(3)29-37-26-13-12-21(32)16-28(26)38-29/h12-13,16-20,22H,4-11,14-15H2,1-3H3,(H,37,38)(H,34,35,36)/t20-,22-/m1/s1. The Kier molecular flexibility index (Phi) is 9.63. The van der Waals surface area contributed by atoms with E-state index < -0.39 is 0 Å². The summed E-state index contributed by atoms with van der Waals surface area (Å²) in [7, 11) is 0. The zero-order chi connectivity index (χ0) is 28.9. The number of fused-ring (bicyclic) bond motifs is 2. The third kappa shape index (κ3) is 6.76. The molecule has 2 aromatic carbocycles. The highest BCUT2D eigenvalue weighted by molar-refractivity contribution is 6.35. The SMILES string of the molecule is CCN(CC)CCCC[C@@H]1CCCCN1C(=O)c1cc2ncnc(N[C@H](C)c3nc4ccc(Cl)cc4[nH]3)c2cc1Cl. The number of imidazole rings is 1. The Morgan fingerprint density at radius 2 is 1.95 bits per heavy atom. The summed E-state index contributed by atoms with van der Waals surface area (Å²) < 4.78 is 0. The Morgan fingerprint density at radius 1 is 1.12 bits per heavy atom. The van der Waals surface area contributed by atoms with E-state index in [1.807, 2.05) is 36.1 Å². The number of H-pyrrole nitrogens is 1. The van der Waals surface area contributed by atoms with E-state index in [-0.39, 0.29) is 18.0 Å². The molecule has 0 aliphatic carbocycles. The number of rotatable bonds is 11. The van der Waals surface area contributed by atoms with E-state index in [1.165, 1.54) is 6.33 Å². The van der Waals surface area contributed by atoms with Gasteiger partial charge in [-0.15, -0.1) is 0 Å². The van der Waals surface area contributed by atoms with Crippen molar-refractivity contribution >= 4 is 56.9 Å². The molecule has 0 bridgehead atoms. The van der Waals surface area contributed by atoms with Gasteiger partial charge in [-0.05, 0) is 89.0 Å². The Labute approximate surface area is 251 Å². The number of hydrogen-bond donors (Lipinski definition) is 2. The van der Waals surface area contributed by atoms with Crippen LogP contribution in [0.1, 0.15) is 81.5 Å². The lowest BCUT2D eigenvalue weighted by atomic mass is 9.96. The minimum absolute atomic E-state index is 0.00670. The van der Waals surface area contributed by atoms with Crippen molar-refractivity contribution in [2.24, 2.45) is 0 Å². The molecule has 5 rings (SSSR count). The molecule has 10 heteroatoms. The van der Waals surface area contributed by atoms with Crippen molar-refractivity contribution < 1.29 is 4.79 Å². The molecule has 0 unspecified atom stereocenters. The van der Waals surface area contributed by atoms with Crippen molar-refractivity contribution in [3.8, 4) is 0 Å². The number of nitrogens with one attached hydrogen (secondary N) is 2. The van der Waals surface area contributed by atoms with Crippen LogP contribution in [0.3, 0.4) is 0 Å². The van der Waals surface area contributed by atoms with Crippen molar-refractivity contribution in [2.75, 3.05) is 31.5 Å². The number of carbonyl (C=O) groups excluding carboxylic acids is 1. The highest BCUT2D eigenvalue weighted by atomic mass is 35.5. The fourth-order valence-electron chi connectivity index (χ4n) is 5.81.